The molecule has 0 atom stereocenters. The fourth-order valence-electron chi connectivity index (χ4n) is 9.13. The minimum atomic E-state index is 0.871. The number of rotatable bonds is 5. The lowest BCUT2D eigenvalue weighted by Crippen LogP contribution is -1.97. The maximum atomic E-state index is 5.09. The highest BCUT2D eigenvalue weighted by atomic mass is 15.1. The molecule has 2 heteroatoms. The molecule has 1 aromatic heterocycles. The summed E-state index contributed by atoms with van der Waals surface area (Å²) >= 11 is 0. The van der Waals surface area contributed by atoms with Crippen LogP contribution in [0.15, 0.2) is 182 Å². The molecule has 0 radical (unpaired) electrons. The summed E-state index contributed by atoms with van der Waals surface area (Å²) in [7, 11) is 0. The number of imidazole rings is 1. The number of hydrogen-bond acceptors (Lipinski definition) is 1. The van der Waals surface area contributed by atoms with Crippen molar-refractivity contribution in [1.29, 1.82) is 0 Å². The van der Waals surface area contributed by atoms with Gasteiger partial charge in [0.25, 0.3) is 0 Å². The standard InChI is InChI=1S/C54H38N2/c1-3-56-50-29-27-44(33-49(50)55-54(56)38-11-5-4-6-12-38)42-24-23-39-30-41(22-21-40(39)31-42)43-26-28-46-45(32-43)25-20-36-14-8-16-47(52(36)46)48-17-9-15-37-19-18-35-13-7-10-34(2)51(35)53(37)48/h4-33H,3H2,1-2H3. The molecule has 0 bridgehead atoms. The van der Waals surface area contributed by atoms with E-state index in [-0.39, 0.29) is 0 Å². The van der Waals surface area contributed by atoms with Crippen LogP contribution in [0.4, 0.5) is 0 Å². The summed E-state index contributed by atoms with van der Waals surface area (Å²) in [4.78, 5) is 5.09. The first-order chi connectivity index (χ1) is 27.6. The van der Waals surface area contributed by atoms with Gasteiger partial charge in [0.05, 0.1) is 11.0 Å². The van der Waals surface area contributed by atoms with Gasteiger partial charge in [-0.3, -0.25) is 0 Å². The lowest BCUT2D eigenvalue weighted by molar-refractivity contribution is 0.796. The Labute approximate surface area is 325 Å². The third-order valence-electron chi connectivity index (χ3n) is 11.8. The Bertz CT molecular complexity index is 3350. The van der Waals surface area contributed by atoms with Gasteiger partial charge in [-0.1, -0.05) is 152 Å². The maximum Gasteiger partial charge on any atom is 0.141 e. The van der Waals surface area contributed by atoms with Gasteiger partial charge in [-0.2, -0.15) is 0 Å². The first-order valence-corrected chi connectivity index (χ1v) is 19.6. The van der Waals surface area contributed by atoms with Crippen molar-refractivity contribution in [2.45, 2.75) is 20.4 Å². The predicted molar refractivity (Wildman–Crippen MR) is 239 cm³/mol. The zero-order chi connectivity index (χ0) is 37.3. The molecule has 0 fully saturated rings. The van der Waals surface area contributed by atoms with E-state index in [2.05, 4.69) is 200 Å². The molecule has 0 aliphatic heterocycles. The third kappa shape index (κ3) is 5.14. The molecule has 2 nitrogen and oxygen atoms in total. The van der Waals surface area contributed by atoms with Crippen molar-refractivity contribution in [1.82, 2.24) is 9.55 Å². The summed E-state index contributed by atoms with van der Waals surface area (Å²) in [5.41, 5.74) is 12.0. The second-order valence-electron chi connectivity index (χ2n) is 15.1. The number of aromatic nitrogens is 2. The fraction of sp³-hybridized carbons (Fsp3) is 0.0556. The van der Waals surface area contributed by atoms with Gasteiger partial charge in [0.2, 0.25) is 0 Å². The summed E-state index contributed by atoms with van der Waals surface area (Å²) in [6.07, 6.45) is 0. The largest absolute Gasteiger partial charge is 0.324 e. The molecule has 11 aromatic rings. The van der Waals surface area contributed by atoms with Crippen LogP contribution in [0.2, 0.25) is 0 Å². The maximum absolute atomic E-state index is 5.09. The number of hydrogen-bond donors (Lipinski definition) is 0. The topological polar surface area (TPSA) is 17.8 Å². The summed E-state index contributed by atoms with van der Waals surface area (Å²) < 4.78 is 2.30. The minimum absolute atomic E-state index is 0.871. The predicted octanol–water partition coefficient (Wildman–Crippen LogP) is 14.8. The lowest BCUT2D eigenvalue weighted by Gasteiger charge is -2.16. The van der Waals surface area contributed by atoms with Gasteiger partial charge in [0, 0.05) is 12.1 Å². The molecule has 0 spiro atoms. The molecule has 0 N–H and O–H groups in total. The van der Waals surface area contributed by atoms with E-state index in [9.17, 15) is 0 Å². The molecule has 0 aliphatic carbocycles. The van der Waals surface area contributed by atoms with Gasteiger partial charge < -0.3 is 4.57 Å². The molecule has 56 heavy (non-hydrogen) atoms. The van der Waals surface area contributed by atoms with E-state index < -0.39 is 0 Å². The molecular formula is C54H38N2. The second kappa shape index (κ2) is 12.8. The number of nitrogens with zero attached hydrogens (tertiary/aromatic N) is 2. The van der Waals surface area contributed by atoms with Crippen LogP contribution in [0.25, 0.3) is 110 Å². The fourth-order valence-corrected chi connectivity index (χ4v) is 9.13. The molecule has 10 aromatic carbocycles. The molecule has 0 unspecified atom stereocenters. The van der Waals surface area contributed by atoms with Gasteiger partial charge in [-0.05, 0) is 137 Å². The minimum Gasteiger partial charge on any atom is -0.324 e. The first-order valence-electron chi connectivity index (χ1n) is 19.6. The van der Waals surface area contributed by atoms with Crippen LogP contribution in [0.1, 0.15) is 12.5 Å². The number of benzene rings is 10. The van der Waals surface area contributed by atoms with Crippen molar-refractivity contribution in [3.8, 4) is 44.8 Å². The zero-order valence-corrected chi connectivity index (χ0v) is 31.4. The van der Waals surface area contributed by atoms with E-state index in [0.717, 1.165) is 29.0 Å². The summed E-state index contributed by atoms with van der Waals surface area (Å²) in [6.45, 7) is 5.29. The molecule has 0 amide bonds. The van der Waals surface area contributed by atoms with Crippen molar-refractivity contribution in [2.75, 3.05) is 0 Å². The Morgan fingerprint density at radius 2 is 0.946 bits per heavy atom. The molecule has 0 saturated carbocycles. The zero-order valence-electron chi connectivity index (χ0n) is 31.4. The van der Waals surface area contributed by atoms with E-state index in [4.69, 9.17) is 4.98 Å². The highest BCUT2D eigenvalue weighted by Crippen LogP contribution is 2.42. The lowest BCUT2D eigenvalue weighted by atomic mass is 9.88. The van der Waals surface area contributed by atoms with Gasteiger partial charge in [0.1, 0.15) is 5.82 Å². The number of aryl methyl sites for hydroxylation is 2. The van der Waals surface area contributed by atoms with E-state index in [0.29, 0.717) is 0 Å². The molecular weight excluding hydrogens is 677 g/mol. The van der Waals surface area contributed by atoms with Crippen molar-refractivity contribution in [3.63, 3.8) is 0 Å². The Kier molecular flexibility index (Phi) is 7.40. The Hall–Kier alpha value is -7.03. The third-order valence-corrected chi connectivity index (χ3v) is 11.8. The van der Waals surface area contributed by atoms with Crippen molar-refractivity contribution in [3.05, 3.63) is 188 Å². The van der Waals surface area contributed by atoms with Crippen LogP contribution in [0.3, 0.4) is 0 Å². The molecule has 11 rings (SSSR count). The average Bonchev–Trinajstić information content (AvgIpc) is 3.63. The monoisotopic (exact) mass is 714 g/mol. The highest BCUT2D eigenvalue weighted by Gasteiger charge is 2.16. The smallest absolute Gasteiger partial charge is 0.141 e. The van der Waals surface area contributed by atoms with E-state index >= 15 is 0 Å². The summed E-state index contributed by atoms with van der Waals surface area (Å²) in [5, 5.41) is 12.8. The van der Waals surface area contributed by atoms with Gasteiger partial charge in [-0.25, -0.2) is 4.98 Å². The van der Waals surface area contributed by atoms with Crippen LogP contribution in [-0.4, -0.2) is 9.55 Å². The average molecular weight is 715 g/mol. The van der Waals surface area contributed by atoms with Crippen molar-refractivity contribution in [2.24, 2.45) is 0 Å². The van der Waals surface area contributed by atoms with E-state index in [1.807, 2.05) is 0 Å². The molecule has 264 valence electrons. The first kappa shape index (κ1) is 32.4. The Morgan fingerprint density at radius 1 is 0.411 bits per heavy atom. The Morgan fingerprint density at radius 3 is 1.64 bits per heavy atom. The van der Waals surface area contributed by atoms with Crippen LogP contribution in [-0.2, 0) is 6.54 Å². The van der Waals surface area contributed by atoms with Crippen LogP contribution < -0.4 is 0 Å². The highest BCUT2D eigenvalue weighted by molar-refractivity contribution is 6.21. The van der Waals surface area contributed by atoms with Crippen LogP contribution >= 0.6 is 0 Å². The quantitative estimate of drug-likeness (QED) is 0.162. The SMILES string of the molecule is CCn1c(-c2ccccc2)nc2cc(-c3ccc4cc(-c5ccc6c(ccc7cccc(-c8cccc9ccc%10cccc(C)c%10c89)c76)c5)ccc4c3)ccc21. The van der Waals surface area contributed by atoms with Crippen LogP contribution in [0, 0.1) is 6.92 Å². The van der Waals surface area contributed by atoms with Gasteiger partial charge in [-0.15, -0.1) is 0 Å². The summed E-state index contributed by atoms with van der Waals surface area (Å²) in [6, 6.07) is 67.0. The summed E-state index contributed by atoms with van der Waals surface area (Å²) in [5.74, 6) is 1.02. The Balaban J connectivity index is 0.975. The number of fused-ring (bicyclic) bond motifs is 8. The van der Waals surface area contributed by atoms with E-state index in [1.54, 1.807) is 0 Å². The van der Waals surface area contributed by atoms with E-state index in [1.165, 1.54) is 92.8 Å². The van der Waals surface area contributed by atoms with Gasteiger partial charge >= 0.3 is 0 Å². The molecule has 0 saturated heterocycles. The van der Waals surface area contributed by atoms with Gasteiger partial charge in [0.15, 0.2) is 0 Å². The molecule has 0 aliphatic rings. The molecule has 1 heterocycles. The van der Waals surface area contributed by atoms with Crippen molar-refractivity contribution < 1.29 is 0 Å². The van der Waals surface area contributed by atoms with Crippen molar-refractivity contribution >= 4 is 64.9 Å². The van der Waals surface area contributed by atoms with Crippen LogP contribution in [0.5, 0.6) is 0 Å². The normalized spacial score (nSPS) is 11.8. The second-order valence-corrected chi connectivity index (χ2v) is 15.1.